The second-order valence-corrected chi connectivity index (χ2v) is 9.38. The van der Waals surface area contributed by atoms with Gasteiger partial charge in [0, 0.05) is 50.2 Å². The monoisotopic (exact) mass is 626 g/mol. The van der Waals surface area contributed by atoms with Crippen LogP contribution in [0.4, 0.5) is 0 Å². The standard InChI is InChI=1S/C26H35O4S.3CO.Tc/c27-23(21-13-11-12-14-21)19-17-22-18-20-25(31-22)24(28)15-9-7-5-3-1-2-4-6-8-10-16-26(29)30;3*1-2;/h11-14,18,20H,1-10,15-17,19H2,(H,29,30);;;;/i;;;;1+1. The quantitative estimate of drug-likeness (QED) is 0.0864. The van der Waals surface area contributed by atoms with Crippen molar-refractivity contribution in [3.63, 3.8) is 0 Å². The van der Waals surface area contributed by atoms with Crippen molar-refractivity contribution in [3.05, 3.63) is 73.4 Å². The molecule has 2 rings (SSSR count). The first kappa shape index (κ1) is 40.9. The number of aryl methyl sites for hydroxylation is 1. The Balaban J connectivity index is -0.00000163. The van der Waals surface area contributed by atoms with Crippen LogP contribution >= 0.6 is 11.3 Å². The number of thiophene rings is 1. The molecule has 1 aromatic heterocycles. The van der Waals surface area contributed by atoms with E-state index in [1.54, 1.807) is 0 Å². The van der Waals surface area contributed by atoms with Crippen LogP contribution in [0.3, 0.4) is 0 Å². The molecule has 9 heteroatoms. The molecule has 1 N–H and O–H groups in total. The summed E-state index contributed by atoms with van der Waals surface area (Å²) in [6, 6.07) is 3.89. The van der Waals surface area contributed by atoms with Crippen molar-refractivity contribution in [3.8, 4) is 0 Å². The molecule has 1 saturated carbocycles. The van der Waals surface area contributed by atoms with Crippen LogP contribution in [0.25, 0.3) is 0 Å². The molecule has 1 aliphatic carbocycles. The van der Waals surface area contributed by atoms with E-state index in [0.29, 0.717) is 25.7 Å². The first-order valence-corrected chi connectivity index (χ1v) is 13.1. The fourth-order valence-electron chi connectivity index (χ4n) is 3.70. The molecule has 0 bridgehead atoms. The average molecular weight is 627 g/mol. The van der Waals surface area contributed by atoms with Crippen molar-refractivity contribution in [2.45, 2.75) is 89.9 Å². The number of rotatable bonds is 18. The number of carboxylic acids is 1. The molecule has 1 fully saturated rings. The number of Topliss-reactive ketones (excluding diaryl/α,β-unsaturated/α-hetero) is 2. The van der Waals surface area contributed by atoms with Gasteiger partial charge in [-0.15, -0.1) is 11.3 Å². The second-order valence-electron chi connectivity index (χ2n) is 8.22. The number of aliphatic carboxylic acids is 1. The Morgan fingerprint density at radius 3 is 1.58 bits per heavy atom. The molecule has 1 aromatic rings. The molecule has 38 heavy (non-hydrogen) atoms. The molecule has 1 aliphatic rings. The number of carbonyl (C=O) groups is 3. The number of hydrogen-bond donors (Lipinski definition) is 1. The van der Waals surface area contributed by atoms with E-state index in [4.69, 9.17) is 19.1 Å². The van der Waals surface area contributed by atoms with Crippen molar-refractivity contribution in [2.75, 3.05) is 0 Å². The number of carbonyl (C=O) groups excluding carboxylic acids is 2. The minimum atomic E-state index is -0.695. The van der Waals surface area contributed by atoms with E-state index in [1.807, 2.05) is 37.8 Å². The Hall–Kier alpha value is -1.62. The molecular weight excluding hydrogens is 591 g/mol. The van der Waals surface area contributed by atoms with E-state index in [9.17, 15) is 14.4 Å². The van der Waals surface area contributed by atoms with Gasteiger partial charge >= 0.3 is 39.9 Å². The van der Waals surface area contributed by atoms with Gasteiger partial charge in [-0.05, 0) is 57.1 Å². The third-order valence-corrected chi connectivity index (χ3v) is 6.75. The number of hydrogen-bond acceptors (Lipinski definition) is 4. The van der Waals surface area contributed by atoms with Crippen LogP contribution in [0.1, 0.15) is 98.0 Å². The summed E-state index contributed by atoms with van der Waals surface area (Å²) in [6.07, 6.45) is 20.5. The minimum absolute atomic E-state index is 0. The van der Waals surface area contributed by atoms with E-state index < -0.39 is 5.97 Å². The molecule has 1 heterocycles. The normalized spacial score (nSPS) is 11.7. The van der Waals surface area contributed by atoms with E-state index in [0.717, 1.165) is 47.8 Å². The van der Waals surface area contributed by atoms with Gasteiger partial charge in [-0.3, -0.25) is 14.4 Å². The Labute approximate surface area is 245 Å². The number of unbranched alkanes of at least 4 members (excludes halogenated alkanes) is 9. The first-order chi connectivity index (χ1) is 18.1. The van der Waals surface area contributed by atoms with Gasteiger partial charge in [-0.2, -0.15) is 0 Å². The van der Waals surface area contributed by atoms with Gasteiger partial charge in [0.1, 0.15) is 5.78 Å². The molecule has 0 spiro atoms. The maximum absolute atomic E-state index is 12.4. The first-order valence-electron chi connectivity index (χ1n) is 12.3. The van der Waals surface area contributed by atoms with Crippen molar-refractivity contribution in [2.24, 2.45) is 0 Å². The molecule has 0 saturated heterocycles. The van der Waals surface area contributed by atoms with Crippen molar-refractivity contribution >= 4 is 28.9 Å². The van der Waals surface area contributed by atoms with Crippen molar-refractivity contribution < 1.29 is 53.6 Å². The van der Waals surface area contributed by atoms with Crippen molar-refractivity contribution in [1.29, 1.82) is 0 Å². The Bertz CT molecular complexity index is 793. The van der Waals surface area contributed by atoms with Crippen LogP contribution in [-0.4, -0.2) is 22.6 Å². The number of ketones is 2. The van der Waals surface area contributed by atoms with Gasteiger partial charge in [-0.1, -0.05) is 51.4 Å². The summed E-state index contributed by atoms with van der Waals surface area (Å²) in [4.78, 5) is 36.8. The number of carboxylic acid groups (broad SMARTS) is 1. The Morgan fingerprint density at radius 1 is 0.658 bits per heavy atom. The van der Waals surface area contributed by atoms with Crippen LogP contribution in [0.2, 0.25) is 0 Å². The predicted molar refractivity (Wildman–Crippen MR) is 137 cm³/mol. The SMILES string of the molecule is O=C(O)CCCCCCCCCCCCC(=O)c1ccc(CCC(=O)[C]2[CH][CH][CH][CH]2)s1.[99Tc].[C-]#[O+].[C-]#[O+].[C-]#[O+]. The molecule has 0 aliphatic heterocycles. The molecule has 0 atom stereocenters. The van der Waals surface area contributed by atoms with Gasteiger partial charge in [0.25, 0.3) is 0 Å². The third-order valence-electron chi connectivity index (χ3n) is 5.56. The zero-order chi connectivity index (χ0) is 28.3. The van der Waals surface area contributed by atoms with E-state index in [2.05, 4.69) is 20.0 Å². The summed E-state index contributed by atoms with van der Waals surface area (Å²) in [6.45, 7) is 13.5. The fraction of sp³-hybridized carbons (Fsp3) is 0.483. The van der Waals surface area contributed by atoms with Crippen LogP contribution in [0, 0.1) is 51.6 Å². The average Bonchev–Trinajstić information content (AvgIpc) is 3.64. The van der Waals surface area contributed by atoms with E-state index >= 15 is 0 Å². The maximum atomic E-state index is 12.4. The van der Waals surface area contributed by atoms with E-state index in [1.165, 1.54) is 43.4 Å². The second kappa shape index (κ2) is 29.9. The van der Waals surface area contributed by atoms with Gasteiger partial charge < -0.3 is 5.11 Å². The van der Waals surface area contributed by atoms with Crippen molar-refractivity contribution in [1.82, 2.24) is 0 Å². The van der Waals surface area contributed by atoms with Crippen LogP contribution in [-0.2, 0) is 50.1 Å². The summed E-state index contributed by atoms with van der Waals surface area (Å²) in [7, 11) is 0. The molecule has 0 unspecified atom stereocenters. The fourth-order valence-corrected chi connectivity index (χ4v) is 4.68. The molecule has 6 radical (unpaired) electrons. The molecule has 206 valence electrons. The topological polar surface area (TPSA) is 131 Å². The van der Waals surface area contributed by atoms with Crippen LogP contribution in [0.5, 0.6) is 0 Å². The summed E-state index contributed by atoms with van der Waals surface area (Å²) in [5.41, 5.74) is 0. The van der Waals surface area contributed by atoms with Crippen LogP contribution in [0.15, 0.2) is 12.1 Å². The van der Waals surface area contributed by atoms with Crippen LogP contribution < -0.4 is 0 Å². The Kier molecular flexibility index (Phi) is 32.2. The molecule has 0 aromatic carbocycles. The summed E-state index contributed by atoms with van der Waals surface area (Å²) in [5, 5.41) is 8.59. The molecule has 0 amide bonds. The molecular formula is C29H35O7STc. The zero-order valence-corrected chi connectivity index (χ0v) is 24.2. The van der Waals surface area contributed by atoms with Gasteiger partial charge in [0.05, 0.1) is 4.88 Å². The Morgan fingerprint density at radius 2 is 1.11 bits per heavy atom. The van der Waals surface area contributed by atoms with Gasteiger partial charge in [0.15, 0.2) is 5.78 Å². The third kappa shape index (κ3) is 21.3. The van der Waals surface area contributed by atoms with Gasteiger partial charge in [-0.25, -0.2) is 0 Å². The summed E-state index contributed by atoms with van der Waals surface area (Å²) < 4.78 is 22.5. The predicted octanol–water partition coefficient (Wildman–Crippen LogP) is 6.49. The van der Waals surface area contributed by atoms with E-state index in [-0.39, 0.29) is 31.7 Å². The summed E-state index contributed by atoms with van der Waals surface area (Å²) >= 11 is 1.53. The van der Waals surface area contributed by atoms with Gasteiger partial charge in [0.2, 0.25) is 0 Å². The molecule has 7 nitrogen and oxygen atoms in total. The summed E-state index contributed by atoms with van der Waals surface area (Å²) in [5.74, 6) is 0.451. The zero-order valence-electron chi connectivity index (χ0n) is 21.5.